The van der Waals surface area contributed by atoms with E-state index < -0.39 is 0 Å². The third-order valence-corrected chi connectivity index (χ3v) is 10.5. The van der Waals surface area contributed by atoms with Crippen LogP contribution in [0.15, 0.2) is 72.8 Å². The Morgan fingerprint density at radius 1 is 0.614 bits per heavy atom. The molecule has 3 heteroatoms. The molecule has 1 saturated carbocycles. The minimum atomic E-state index is -0.320. The van der Waals surface area contributed by atoms with Gasteiger partial charge in [-0.3, -0.25) is 0 Å². The van der Waals surface area contributed by atoms with Gasteiger partial charge in [0.05, 0.1) is 12.7 Å². The van der Waals surface area contributed by atoms with Gasteiger partial charge in [-0.25, -0.2) is 4.79 Å². The SMILES string of the molecule is COc1ccc2c(c1-c1c(OC(=O)c3ccc(-c4ccc(C5CCC(C)CC5)cc4)cc3)ccc3c1CCCC3)CCCC2. The first-order valence-corrected chi connectivity index (χ1v) is 16.9. The highest BCUT2D eigenvalue weighted by Crippen LogP contribution is 2.47. The number of methoxy groups -OCH3 is 1. The molecular weight excluding hydrogens is 540 g/mol. The summed E-state index contributed by atoms with van der Waals surface area (Å²) in [6.07, 6.45) is 14.2. The number of esters is 1. The number of hydrogen-bond acceptors (Lipinski definition) is 3. The van der Waals surface area contributed by atoms with Crippen molar-refractivity contribution in [3.05, 3.63) is 106 Å². The van der Waals surface area contributed by atoms with Crippen molar-refractivity contribution in [3.8, 4) is 33.8 Å². The second kappa shape index (κ2) is 12.6. The lowest BCUT2D eigenvalue weighted by molar-refractivity contribution is 0.0735. The van der Waals surface area contributed by atoms with Crippen molar-refractivity contribution in [2.75, 3.05) is 7.11 Å². The summed E-state index contributed by atoms with van der Waals surface area (Å²) in [6.45, 7) is 2.37. The predicted octanol–water partition coefficient (Wildman–Crippen LogP) is 10.3. The third kappa shape index (κ3) is 5.70. The lowest BCUT2D eigenvalue weighted by Gasteiger charge is -2.27. The van der Waals surface area contributed by atoms with Crippen LogP contribution in [0, 0.1) is 5.92 Å². The third-order valence-electron chi connectivity index (χ3n) is 10.5. The average molecular weight is 585 g/mol. The fourth-order valence-corrected chi connectivity index (χ4v) is 7.92. The number of aryl methyl sites for hydroxylation is 2. The molecule has 44 heavy (non-hydrogen) atoms. The second-order valence-corrected chi connectivity index (χ2v) is 13.3. The zero-order valence-corrected chi connectivity index (χ0v) is 26.3. The fourth-order valence-electron chi connectivity index (χ4n) is 7.92. The molecule has 4 aromatic carbocycles. The van der Waals surface area contributed by atoms with Crippen molar-refractivity contribution in [3.63, 3.8) is 0 Å². The van der Waals surface area contributed by atoms with Crippen LogP contribution >= 0.6 is 0 Å². The molecule has 0 atom stereocenters. The zero-order chi connectivity index (χ0) is 30.0. The highest BCUT2D eigenvalue weighted by molar-refractivity contribution is 5.94. The number of hydrogen-bond donors (Lipinski definition) is 0. The van der Waals surface area contributed by atoms with Gasteiger partial charge in [0.1, 0.15) is 11.5 Å². The number of fused-ring (bicyclic) bond motifs is 2. The Morgan fingerprint density at radius 2 is 1.14 bits per heavy atom. The summed E-state index contributed by atoms with van der Waals surface area (Å²) < 4.78 is 12.2. The van der Waals surface area contributed by atoms with Gasteiger partial charge < -0.3 is 9.47 Å². The van der Waals surface area contributed by atoms with E-state index >= 15 is 0 Å². The molecule has 3 aliphatic carbocycles. The van der Waals surface area contributed by atoms with Crippen LogP contribution in [0.25, 0.3) is 22.3 Å². The molecule has 226 valence electrons. The Balaban J connectivity index is 1.16. The summed E-state index contributed by atoms with van der Waals surface area (Å²) in [5.74, 6) is 2.74. The van der Waals surface area contributed by atoms with Crippen molar-refractivity contribution in [1.29, 1.82) is 0 Å². The van der Waals surface area contributed by atoms with Crippen LogP contribution in [0.1, 0.15) is 102 Å². The van der Waals surface area contributed by atoms with Crippen LogP contribution in [0.3, 0.4) is 0 Å². The number of carbonyl (C=O) groups is 1. The molecule has 0 spiro atoms. The molecule has 1 fully saturated rings. The molecule has 0 radical (unpaired) electrons. The maximum Gasteiger partial charge on any atom is 0.343 e. The molecule has 0 bridgehead atoms. The van der Waals surface area contributed by atoms with E-state index in [1.165, 1.54) is 78.3 Å². The van der Waals surface area contributed by atoms with Crippen molar-refractivity contribution in [2.24, 2.45) is 5.92 Å². The topological polar surface area (TPSA) is 35.5 Å². The Kier molecular flexibility index (Phi) is 8.30. The Bertz CT molecular complexity index is 1640. The summed E-state index contributed by atoms with van der Waals surface area (Å²) in [5, 5.41) is 0. The minimum Gasteiger partial charge on any atom is -0.496 e. The summed E-state index contributed by atoms with van der Waals surface area (Å²) in [5.41, 5.74) is 12.0. The van der Waals surface area contributed by atoms with Crippen LogP contribution in [-0.4, -0.2) is 13.1 Å². The fraction of sp³-hybridized carbons (Fsp3) is 0.390. The lowest BCUT2D eigenvalue weighted by Crippen LogP contribution is -2.14. The summed E-state index contributed by atoms with van der Waals surface area (Å²) in [6, 6.07) is 25.5. The van der Waals surface area contributed by atoms with Gasteiger partial charge in [-0.2, -0.15) is 0 Å². The van der Waals surface area contributed by atoms with Crippen molar-refractivity contribution >= 4 is 5.97 Å². The van der Waals surface area contributed by atoms with Gasteiger partial charge in [0.2, 0.25) is 0 Å². The van der Waals surface area contributed by atoms with E-state index in [1.54, 1.807) is 7.11 Å². The molecule has 7 rings (SSSR count). The highest BCUT2D eigenvalue weighted by atomic mass is 16.5. The van der Waals surface area contributed by atoms with E-state index in [1.807, 2.05) is 30.3 Å². The van der Waals surface area contributed by atoms with E-state index in [9.17, 15) is 4.79 Å². The van der Waals surface area contributed by atoms with Crippen LogP contribution in [-0.2, 0) is 25.7 Å². The number of rotatable bonds is 6. The van der Waals surface area contributed by atoms with Gasteiger partial charge in [0.25, 0.3) is 0 Å². The Labute approximate surface area is 262 Å². The Morgan fingerprint density at radius 3 is 1.73 bits per heavy atom. The molecule has 0 N–H and O–H groups in total. The van der Waals surface area contributed by atoms with Gasteiger partial charge in [-0.1, -0.05) is 68.3 Å². The van der Waals surface area contributed by atoms with Crippen LogP contribution in [0.4, 0.5) is 0 Å². The standard InChI is InChI=1S/C41H44O3/c1-27-11-13-28(14-12-27)29-15-17-30(18-16-29)31-19-21-34(22-20-31)41(42)44-38-26-24-33-8-4-6-10-36(33)40(38)39-35-9-5-3-7-32(35)23-25-37(39)43-2/h15-28H,3-14H2,1-2H3. The van der Waals surface area contributed by atoms with Gasteiger partial charge in [-0.05, 0) is 139 Å². The second-order valence-electron chi connectivity index (χ2n) is 13.3. The van der Waals surface area contributed by atoms with E-state index in [4.69, 9.17) is 9.47 Å². The van der Waals surface area contributed by atoms with E-state index in [0.717, 1.165) is 60.5 Å². The average Bonchev–Trinajstić information content (AvgIpc) is 3.08. The molecule has 3 nitrogen and oxygen atoms in total. The van der Waals surface area contributed by atoms with Crippen molar-refractivity contribution in [2.45, 2.75) is 89.9 Å². The molecule has 0 amide bonds. The van der Waals surface area contributed by atoms with Gasteiger partial charge in [-0.15, -0.1) is 0 Å². The molecule has 0 heterocycles. The predicted molar refractivity (Wildman–Crippen MR) is 179 cm³/mol. The van der Waals surface area contributed by atoms with Gasteiger partial charge >= 0.3 is 5.97 Å². The molecule has 0 aromatic heterocycles. The van der Waals surface area contributed by atoms with Crippen LogP contribution < -0.4 is 9.47 Å². The first-order valence-electron chi connectivity index (χ1n) is 16.9. The van der Waals surface area contributed by atoms with Crippen LogP contribution in [0.2, 0.25) is 0 Å². The lowest BCUT2D eigenvalue weighted by atomic mass is 9.79. The molecular formula is C41H44O3. The number of ether oxygens (including phenoxy) is 2. The first-order chi connectivity index (χ1) is 21.6. The first kappa shape index (κ1) is 28.9. The van der Waals surface area contributed by atoms with Crippen LogP contribution in [0.5, 0.6) is 11.5 Å². The Hall–Kier alpha value is -3.85. The van der Waals surface area contributed by atoms with Gasteiger partial charge in [0, 0.05) is 11.1 Å². The summed E-state index contributed by atoms with van der Waals surface area (Å²) in [7, 11) is 1.75. The summed E-state index contributed by atoms with van der Waals surface area (Å²) in [4.78, 5) is 13.6. The zero-order valence-electron chi connectivity index (χ0n) is 26.3. The normalized spacial score (nSPS) is 19.5. The highest BCUT2D eigenvalue weighted by Gasteiger charge is 2.27. The minimum absolute atomic E-state index is 0.320. The maximum atomic E-state index is 13.6. The molecule has 0 unspecified atom stereocenters. The van der Waals surface area contributed by atoms with Gasteiger partial charge in [0.15, 0.2) is 0 Å². The molecule has 3 aliphatic rings. The number of carbonyl (C=O) groups excluding carboxylic acids is 1. The van der Waals surface area contributed by atoms with Crippen molar-refractivity contribution in [1.82, 2.24) is 0 Å². The summed E-state index contributed by atoms with van der Waals surface area (Å²) >= 11 is 0. The monoisotopic (exact) mass is 584 g/mol. The van der Waals surface area contributed by atoms with E-state index in [2.05, 4.69) is 49.4 Å². The van der Waals surface area contributed by atoms with E-state index in [0.29, 0.717) is 17.2 Å². The van der Waals surface area contributed by atoms with Crippen molar-refractivity contribution < 1.29 is 14.3 Å². The smallest absolute Gasteiger partial charge is 0.343 e. The van der Waals surface area contributed by atoms with E-state index in [-0.39, 0.29) is 5.97 Å². The number of benzene rings is 4. The molecule has 0 aliphatic heterocycles. The molecule has 4 aromatic rings. The maximum absolute atomic E-state index is 13.6. The quantitative estimate of drug-likeness (QED) is 0.167. The largest absolute Gasteiger partial charge is 0.496 e. The molecule has 0 saturated heterocycles.